The maximum Gasteiger partial charge on any atom is 0.118 e. The summed E-state index contributed by atoms with van der Waals surface area (Å²) in [5.74, 6) is 0. The maximum absolute atomic E-state index is 6.78. The number of rotatable bonds is 11. The minimum atomic E-state index is -0.252. The second kappa shape index (κ2) is 9.86. The lowest BCUT2D eigenvalue weighted by Crippen LogP contribution is -2.61. The normalized spacial score (nSPS) is 12.6. The maximum atomic E-state index is 6.78. The van der Waals surface area contributed by atoms with Crippen molar-refractivity contribution in [1.29, 1.82) is 0 Å². The molecule has 0 rings (SSSR count). The van der Waals surface area contributed by atoms with Gasteiger partial charge in [0.15, 0.2) is 0 Å². The number of hydrogen-bond donors (Lipinski definition) is 0. The van der Waals surface area contributed by atoms with Gasteiger partial charge in [0.05, 0.1) is 0 Å². The van der Waals surface area contributed by atoms with E-state index in [2.05, 4.69) is 44.4 Å². The lowest BCUT2D eigenvalue weighted by Gasteiger charge is -2.50. The molecule has 0 saturated carbocycles. The van der Waals surface area contributed by atoms with Crippen molar-refractivity contribution in [2.24, 2.45) is 0 Å². The summed E-state index contributed by atoms with van der Waals surface area (Å²) >= 11 is 0. The minimum absolute atomic E-state index is 0.252. The Bertz CT molecular complexity index is 169. The van der Waals surface area contributed by atoms with Gasteiger partial charge in [-0.1, -0.05) is 34.6 Å². The molecule has 0 aromatic heterocycles. The molecule has 0 atom stereocenters. The Morgan fingerprint density at radius 1 is 0.667 bits per heavy atom. The standard InChI is InChI=1S/C15H33BN2/c1-6-11-17(12-7-2)15(16,10-5)18(13-8-3)14-9-4/h6-14H2,1-5H3. The molecule has 106 valence electrons. The molecule has 0 unspecified atom stereocenters. The van der Waals surface area contributed by atoms with Gasteiger partial charge in [-0.05, 0) is 58.3 Å². The van der Waals surface area contributed by atoms with Crippen molar-refractivity contribution in [3.8, 4) is 0 Å². The van der Waals surface area contributed by atoms with Crippen molar-refractivity contribution < 1.29 is 0 Å². The largest absolute Gasteiger partial charge is 0.294 e. The summed E-state index contributed by atoms with van der Waals surface area (Å²) in [6.45, 7) is 15.6. The van der Waals surface area contributed by atoms with Gasteiger partial charge in [-0.15, -0.1) is 0 Å². The molecule has 0 aliphatic heterocycles. The van der Waals surface area contributed by atoms with Gasteiger partial charge in [0.25, 0.3) is 0 Å². The van der Waals surface area contributed by atoms with Crippen LogP contribution in [0.5, 0.6) is 0 Å². The van der Waals surface area contributed by atoms with Crippen LogP contribution in [0.15, 0.2) is 0 Å². The Morgan fingerprint density at radius 3 is 1.11 bits per heavy atom. The van der Waals surface area contributed by atoms with Crippen molar-refractivity contribution in [2.75, 3.05) is 26.2 Å². The molecular weight excluding hydrogens is 219 g/mol. The zero-order valence-corrected chi connectivity index (χ0v) is 13.3. The van der Waals surface area contributed by atoms with Crippen LogP contribution < -0.4 is 0 Å². The van der Waals surface area contributed by atoms with E-state index in [1.54, 1.807) is 0 Å². The molecule has 0 spiro atoms. The predicted molar refractivity (Wildman–Crippen MR) is 83.1 cm³/mol. The molecule has 0 amide bonds. The van der Waals surface area contributed by atoms with E-state index in [1.165, 1.54) is 25.7 Å². The van der Waals surface area contributed by atoms with Crippen LogP contribution in [0.4, 0.5) is 0 Å². The van der Waals surface area contributed by atoms with E-state index < -0.39 is 0 Å². The zero-order chi connectivity index (χ0) is 14.0. The summed E-state index contributed by atoms with van der Waals surface area (Å²) in [6, 6.07) is 0. The first-order valence-electron chi connectivity index (χ1n) is 7.89. The van der Waals surface area contributed by atoms with Crippen LogP contribution >= 0.6 is 0 Å². The van der Waals surface area contributed by atoms with Crippen LogP contribution in [0.25, 0.3) is 0 Å². The third kappa shape index (κ3) is 4.93. The van der Waals surface area contributed by atoms with E-state index in [9.17, 15) is 0 Å². The first kappa shape index (κ1) is 18.0. The minimum Gasteiger partial charge on any atom is -0.294 e. The zero-order valence-electron chi connectivity index (χ0n) is 13.3. The van der Waals surface area contributed by atoms with Gasteiger partial charge in [0.2, 0.25) is 0 Å². The van der Waals surface area contributed by atoms with E-state index in [0.717, 1.165) is 32.6 Å². The van der Waals surface area contributed by atoms with Gasteiger partial charge < -0.3 is 0 Å². The van der Waals surface area contributed by atoms with Crippen molar-refractivity contribution in [1.82, 2.24) is 9.80 Å². The van der Waals surface area contributed by atoms with Gasteiger partial charge in [-0.2, -0.15) is 0 Å². The Hall–Kier alpha value is -0.0151. The SMILES string of the molecule is [B]C(CC)(N(CCC)CCC)N(CCC)CCC. The highest BCUT2D eigenvalue weighted by Gasteiger charge is 2.33. The Kier molecular flexibility index (Phi) is 9.85. The third-order valence-corrected chi connectivity index (χ3v) is 3.59. The van der Waals surface area contributed by atoms with E-state index in [0.29, 0.717) is 0 Å². The van der Waals surface area contributed by atoms with E-state index in [4.69, 9.17) is 7.85 Å². The van der Waals surface area contributed by atoms with Crippen molar-refractivity contribution in [2.45, 2.75) is 72.3 Å². The molecule has 2 nitrogen and oxygen atoms in total. The molecule has 0 saturated heterocycles. The van der Waals surface area contributed by atoms with Gasteiger partial charge in [0, 0.05) is 5.56 Å². The van der Waals surface area contributed by atoms with Crippen LogP contribution in [-0.2, 0) is 0 Å². The lowest BCUT2D eigenvalue weighted by molar-refractivity contribution is 0.00140. The molecule has 0 aliphatic rings. The lowest BCUT2D eigenvalue weighted by atomic mass is 9.80. The van der Waals surface area contributed by atoms with Crippen LogP contribution in [0.1, 0.15) is 66.7 Å². The topological polar surface area (TPSA) is 6.48 Å². The fraction of sp³-hybridized carbons (Fsp3) is 1.00. The van der Waals surface area contributed by atoms with E-state index in [-0.39, 0.29) is 5.56 Å². The summed E-state index contributed by atoms with van der Waals surface area (Å²) < 4.78 is 0. The molecule has 3 heteroatoms. The first-order chi connectivity index (χ1) is 8.60. The molecule has 0 aromatic rings. The average molecular weight is 252 g/mol. The van der Waals surface area contributed by atoms with E-state index >= 15 is 0 Å². The summed E-state index contributed by atoms with van der Waals surface area (Å²) in [6.07, 6.45) is 5.68. The highest BCUT2D eigenvalue weighted by molar-refractivity contribution is 6.14. The van der Waals surface area contributed by atoms with Gasteiger partial charge >= 0.3 is 0 Å². The molecule has 2 radical (unpaired) electrons. The molecule has 18 heavy (non-hydrogen) atoms. The van der Waals surface area contributed by atoms with Crippen LogP contribution in [-0.4, -0.2) is 49.4 Å². The Morgan fingerprint density at radius 2 is 0.944 bits per heavy atom. The van der Waals surface area contributed by atoms with Crippen molar-refractivity contribution >= 4 is 7.85 Å². The fourth-order valence-electron chi connectivity index (χ4n) is 2.72. The molecule has 0 aromatic carbocycles. The van der Waals surface area contributed by atoms with Crippen molar-refractivity contribution in [3.63, 3.8) is 0 Å². The molecular formula is C15H33BN2. The number of hydrogen-bond acceptors (Lipinski definition) is 2. The van der Waals surface area contributed by atoms with Crippen molar-refractivity contribution in [3.05, 3.63) is 0 Å². The summed E-state index contributed by atoms with van der Waals surface area (Å²) in [4.78, 5) is 4.97. The monoisotopic (exact) mass is 252 g/mol. The summed E-state index contributed by atoms with van der Waals surface area (Å²) in [7, 11) is 6.78. The summed E-state index contributed by atoms with van der Waals surface area (Å²) in [5.41, 5.74) is -0.252. The third-order valence-electron chi connectivity index (χ3n) is 3.59. The second-order valence-corrected chi connectivity index (χ2v) is 5.21. The smallest absolute Gasteiger partial charge is 0.118 e. The van der Waals surface area contributed by atoms with E-state index in [1.807, 2.05) is 0 Å². The molecule has 0 aliphatic carbocycles. The Labute approximate surface area is 117 Å². The molecule has 0 bridgehead atoms. The highest BCUT2D eigenvalue weighted by atomic mass is 15.4. The highest BCUT2D eigenvalue weighted by Crippen LogP contribution is 2.23. The van der Waals surface area contributed by atoms with Crippen LogP contribution in [0, 0.1) is 0 Å². The fourth-order valence-corrected chi connectivity index (χ4v) is 2.72. The molecule has 0 heterocycles. The Balaban J connectivity index is 4.96. The van der Waals surface area contributed by atoms with Crippen LogP contribution in [0.3, 0.4) is 0 Å². The van der Waals surface area contributed by atoms with Crippen LogP contribution in [0.2, 0.25) is 0 Å². The van der Waals surface area contributed by atoms with Gasteiger partial charge in [-0.3, -0.25) is 9.80 Å². The average Bonchev–Trinajstić information content (AvgIpc) is 2.37. The predicted octanol–water partition coefficient (Wildman–Crippen LogP) is 3.46. The molecule has 0 N–H and O–H groups in total. The number of nitrogens with zero attached hydrogens (tertiary/aromatic N) is 2. The second-order valence-electron chi connectivity index (χ2n) is 5.21. The van der Waals surface area contributed by atoms with Gasteiger partial charge in [-0.25, -0.2) is 0 Å². The van der Waals surface area contributed by atoms with Gasteiger partial charge in [0.1, 0.15) is 7.85 Å². The first-order valence-corrected chi connectivity index (χ1v) is 7.89. The molecule has 0 fully saturated rings. The quantitative estimate of drug-likeness (QED) is 0.410. The summed E-state index contributed by atoms with van der Waals surface area (Å²) in [5, 5.41) is 0.